The van der Waals surface area contributed by atoms with Crippen molar-refractivity contribution < 1.29 is 4.74 Å². The number of benzene rings is 1. The molecule has 0 aliphatic heterocycles. The smallest absolute Gasteiger partial charge is 0.123 e. The number of ether oxygens (including phenoxy) is 1. The Hall–Kier alpha value is -1.06. The Kier molecular flexibility index (Phi) is 5.45. The third kappa shape index (κ3) is 4.75. The molecule has 1 rings (SSSR count). The molecule has 0 heterocycles. The quantitative estimate of drug-likeness (QED) is 0.820. The van der Waals surface area contributed by atoms with Crippen LogP contribution < -0.4 is 10.1 Å². The minimum Gasteiger partial charge on any atom is -0.496 e. The van der Waals surface area contributed by atoms with Crippen molar-refractivity contribution in [2.24, 2.45) is 0 Å². The maximum atomic E-state index is 5.38. The van der Waals surface area contributed by atoms with Gasteiger partial charge in [0.05, 0.1) is 7.11 Å². The summed E-state index contributed by atoms with van der Waals surface area (Å²) in [5.74, 6) is 0.959. The van der Waals surface area contributed by atoms with Crippen LogP contribution in [0, 0.1) is 0 Å². The van der Waals surface area contributed by atoms with Gasteiger partial charge in [0, 0.05) is 24.7 Å². The molecular weight excluding hydrogens is 212 g/mol. The van der Waals surface area contributed by atoms with Crippen molar-refractivity contribution in [3.63, 3.8) is 0 Å². The summed E-state index contributed by atoms with van der Waals surface area (Å²) in [6.45, 7) is 6.10. The summed E-state index contributed by atoms with van der Waals surface area (Å²) in [6, 6.07) is 6.87. The Morgan fingerprint density at radius 2 is 2.00 bits per heavy atom. The molecule has 0 aliphatic carbocycles. The van der Waals surface area contributed by atoms with Crippen LogP contribution in [0.5, 0.6) is 5.75 Å². The van der Waals surface area contributed by atoms with Crippen molar-refractivity contribution in [1.29, 1.82) is 0 Å². The highest BCUT2D eigenvalue weighted by Crippen LogP contribution is 2.20. The lowest BCUT2D eigenvalue weighted by Crippen LogP contribution is -2.22. The van der Waals surface area contributed by atoms with Gasteiger partial charge in [-0.1, -0.05) is 19.9 Å². The molecule has 1 N–H and O–H groups in total. The first-order valence-corrected chi connectivity index (χ1v) is 6.07. The molecule has 96 valence electrons. The third-order valence-electron chi connectivity index (χ3n) is 2.54. The predicted octanol–water partition coefficient (Wildman–Crippen LogP) is 2.25. The second kappa shape index (κ2) is 6.62. The molecule has 0 unspecified atom stereocenters. The maximum absolute atomic E-state index is 5.38. The van der Waals surface area contributed by atoms with Crippen LogP contribution in [-0.2, 0) is 13.1 Å². The highest BCUT2D eigenvalue weighted by Gasteiger charge is 2.05. The molecule has 0 atom stereocenters. The van der Waals surface area contributed by atoms with E-state index >= 15 is 0 Å². The second-order valence-electron chi connectivity index (χ2n) is 4.92. The van der Waals surface area contributed by atoms with Gasteiger partial charge in [-0.05, 0) is 31.8 Å². The van der Waals surface area contributed by atoms with Gasteiger partial charge in [0.15, 0.2) is 0 Å². The van der Waals surface area contributed by atoms with E-state index in [4.69, 9.17) is 4.74 Å². The Balaban J connectivity index is 2.82. The average molecular weight is 236 g/mol. The van der Waals surface area contributed by atoms with E-state index in [2.05, 4.69) is 56.4 Å². The summed E-state index contributed by atoms with van der Waals surface area (Å²) in [7, 11) is 5.88. The molecule has 17 heavy (non-hydrogen) atoms. The fourth-order valence-corrected chi connectivity index (χ4v) is 1.75. The summed E-state index contributed by atoms with van der Waals surface area (Å²) in [5, 5.41) is 3.42. The number of nitrogens with one attached hydrogen (secondary N) is 1. The monoisotopic (exact) mass is 236 g/mol. The first-order chi connectivity index (χ1) is 8.02. The number of hydrogen-bond donors (Lipinski definition) is 1. The van der Waals surface area contributed by atoms with Gasteiger partial charge in [-0.15, -0.1) is 0 Å². The van der Waals surface area contributed by atoms with Crippen LogP contribution in [0.25, 0.3) is 0 Å². The minimum absolute atomic E-state index is 0.484. The molecule has 0 saturated carbocycles. The Morgan fingerprint density at radius 3 is 2.53 bits per heavy atom. The highest BCUT2D eigenvalue weighted by molar-refractivity contribution is 5.37. The van der Waals surface area contributed by atoms with Crippen molar-refractivity contribution >= 4 is 0 Å². The fraction of sp³-hybridized carbons (Fsp3) is 0.571. The molecule has 0 aromatic heterocycles. The summed E-state index contributed by atoms with van der Waals surface area (Å²) in [6.07, 6.45) is 0. The van der Waals surface area contributed by atoms with Crippen molar-refractivity contribution in [3.05, 3.63) is 29.3 Å². The first kappa shape index (κ1) is 14.0. The van der Waals surface area contributed by atoms with Crippen molar-refractivity contribution in [1.82, 2.24) is 10.2 Å². The Bertz CT molecular complexity index is 348. The van der Waals surface area contributed by atoms with E-state index in [-0.39, 0.29) is 0 Å². The van der Waals surface area contributed by atoms with E-state index in [0.717, 1.165) is 18.8 Å². The van der Waals surface area contributed by atoms with Crippen LogP contribution in [0.4, 0.5) is 0 Å². The number of hydrogen-bond acceptors (Lipinski definition) is 3. The molecule has 0 spiro atoms. The molecule has 1 aromatic carbocycles. The van der Waals surface area contributed by atoms with E-state index in [1.807, 2.05) is 0 Å². The lowest BCUT2D eigenvalue weighted by atomic mass is 10.1. The van der Waals surface area contributed by atoms with E-state index in [9.17, 15) is 0 Å². The van der Waals surface area contributed by atoms with E-state index in [1.54, 1.807) is 7.11 Å². The van der Waals surface area contributed by atoms with E-state index in [1.165, 1.54) is 11.1 Å². The molecule has 0 bridgehead atoms. The van der Waals surface area contributed by atoms with Gasteiger partial charge in [-0.2, -0.15) is 0 Å². The SMILES string of the molecule is COc1ccc(CN(C)C)cc1CNC(C)C. The molecule has 0 aliphatic rings. The maximum Gasteiger partial charge on any atom is 0.123 e. The third-order valence-corrected chi connectivity index (χ3v) is 2.54. The van der Waals surface area contributed by atoms with Crippen molar-refractivity contribution in [3.8, 4) is 5.75 Å². The largest absolute Gasteiger partial charge is 0.496 e. The summed E-state index contributed by atoms with van der Waals surface area (Å²) in [5.41, 5.74) is 2.54. The molecule has 3 nitrogen and oxygen atoms in total. The molecule has 0 radical (unpaired) electrons. The van der Waals surface area contributed by atoms with Gasteiger partial charge in [0.1, 0.15) is 5.75 Å². The summed E-state index contributed by atoms with van der Waals surface area (Å²) >= 11 is 0. The number of rotatable bonds is 6. The van der Waals surface area contributed by atoms with Gasteiger partial charge in [0.25, 0.3) is 0 Å². The number of nitrogens with zero attached hydrogens (tertiary/aromatic N) is 1. The molecule has 0 saturated heterocycles. The molecule has 0 fully saturated rings. The summed E-state index contributed by atoms with van der Waals surface area (Å²) in [4.78, 5) is 2.17. The predicted molar refractivity (Wildman–Crippen MR) is 72.4 cm³/mol. The van der Waals surface area contributed by atoms with Crippen molar-refractivity contribution in [2.45, 2.75) is 33.0 Å². The highest BCUT2D eigenvalue weighted by atomic mass is 16.5. The van der Waals surface area contributed by atoms with Gasteiger partial charge >= 0.3 is 0 Å². The summed E-state index contributed by atoms with van der Waals surface area (Å²) < 4.78 is 5.38. The van der Waals surface area contributed by atoms with Gasteiger partial charge in [-0.3, -0.25) is 0 Å². The van der Waals surface area contributed by atoms with Crippen LogP contribution in [0.3, 0.4) is 0 Å². The van der Waals surface area contributed by atoms with Crippen LogP contribution in [0.2, 0.25) is 0 Å². The zero-order valence-corrected chi connectivity index (χ0v) is 11.6. The zero-order valence-electron chi connectivity index (χ0n) is 11.6. The molecule has 1 aromatic rings. The Labute approximate surface area is 105 Å². The average Bonchev–Trinajstić information content (AvgIpc) is 2.25. The van der Waals surface area contributed by atoms with Gasteiger partial charge in [-0.25, -0.2) is 0 Å². The Morgan fingerprint density at radius 1 is 1.29 bits per heavy atom. The topological polar surface area (TPSA) is 24.5 Å². The van der Waals surface area contributed by atoms with Gasteiger partial charge in [0.2, 0.25) is 0 Å². The van der Waals surface area contributed by atoms with Crippen molar-refractivity contribution in [2.75, 3.05) is 21.2 Å². The van der Waals surface area contributed by atoms with Crippen LogP contribution >= 0.6 is 0 Å². The molecule has 0 amide bonds. The lowest BCUT2D eigenvalue weighted by Gasteiger charge is -2.15. The zero-order chi connectivity index (χ0) is 12.8. The second-order valence-corrected chi connectivity index (χ2v) is 4.92. The lowest BCUT2D eigenvalue weighted by molar-refractivity contribution is 0.396. The minimum atomic E-state index is 0.484. The van der Waals surface area contributed by atoms with Crippen LogP contribution in [0.15, 0.2) is 18.2 Å². The normalized spacial score (nSPS) is 11.2. The van der Waals surface area contributed by atoms with Gasteiger partial charge < -0.3 is 15.0 Å². The van der Waals surface area contributed by atoms with E-state index < -0.39 is 0 Å². The number of methoxy groups -OCH3 is 1. The standard InChI is InChI=1S/C14H24N2O/c1-11(2)15-9-13-8-12(10-16(3)4)6-7-14(13)17-5/h6-8,11,15H,9-10H2,1-5H3. The van der Waals surface area contributed by atoms with Crippen LogP contribution in [0.1, 0.15) is 25.0 Å². The van der Waals surface area contributed by atoms with E-state index in [0.29, 0.717) is 6.04 Å². The van der Waals surface area contributed by atoms with Crippen LogP contribution in [-0.4, -0.2) is 32.1 Å². The molecule has 3 heteroatoms. The fourth-order valence-electron chi connectivity index (χ4n) is 1.75. The molecular formula is C14H24N2O. The first-order valence-electron chi connectivity index (χ1n) is 6.07.